The lowest BCUT2D eigenvalue weighted by Crippen LogP contribution is -2.19. The molecule has 0 saturated heterocycles. The van der Waals surface area contributed by atoms with Gasteiger partial charge in [0.2, 0.25) is 5.89 Å². The monoisotopic (exact) mass is 476 g/mol. The minimum atomic E-state index is -1.10. The highest BCUT2D eigenvalue weighted by atomic mass is 16.6. The Hall–Kier alpha value is -4.59. The normalized spacial score (nSPS) is 14.7. The molecule has 3 aromatic heterocycles. The lowest BCUT2D eigenvalue weighted by atomic mass is 10.1. The molecular weight excluding hydrogens is 456 g/mol. The maximum atomic E-state index is 12.5. The Bertz CT molecular complexity index is 1480. The quantitative estimate of drug-likeness (QED) is 0.400. The highest BCUT2D eigenvalue weighted by Crippen LogP contribution is 2.48. The number of amides is 1. The van der Waals surface area contributed by atoms with Crippen molar-refractivity contribution in [3.63, 3.8) is 0 Å². The molecule has 1 unspecified atom stereocenters. The van der Waals surface area contributed by atoms with E-state index in [1.807, 2.05) is 31.2 Å². The second-order valence-corrected chi connectivity index (χ2v) is 8.28. The molecular formula is C24H20N4O7. The largest absolute Gasteiger partial charge is 0.480 e. The molecule has 5 rings (SSSR count). The number of carbonyl (C=O) groups is 2. The molecule has 0 spiro atoms. The van der Waals surface area contributed by atoms with Gasteiger partial charge in [0.25, 0.3) is 17.3 Å². The number of nitrogens with one attached hydrogen (secondary N) is 1. The Morgan fingerprint density at radius 1 is 1.14 bits per heavy atom. The molecule has 2 N–H and O–H groups in total. The molecule has 178 valence electrons. The predicted molar refractivity (Wildman–Crippen MR) is 120 cm³/mol. The Balaban J connectivity index is 1.30. The van der Waals surface area contributed by atoms with E-state index in [1.165, 1.54) is 0 Å². The Morgan fingerprint density at radius 2 is 1.89 bits per heavy atom. The average Bonchev–Trinajstić information content (AvgIpc) is 3.25. The summed E-state index contributed by atoms with van der Waals surface area (Å²) in [5.41, 5.74) is 1.32. The highest BCUT2D eigenvalue weighted by molar-refractivity contribution is 5.87. The van der Waals surface area contributed by atoms with E-state index in [9.17, 15) is 14.7 Å². The van der Waals surface area contributed by atoms with Crippen LogP contribution in [0, 0.1) is 25.7 Å². The molecule has 0 radical (unpaired) electrons. The summed E-state index contributed by atoms with van der Waals surface area (Å²) in [4.78, 5) is 32.1. The number of anilines is 1. The fraction of sp³-hybridized carbons (Fsp3) is 0.292. The minimum Gasteiger partial charge on any atom is -0.480 e. The first-order chi connectivity index (χ1) is 16.8. The smallest absolute Gasteiger partial charge is 0.412 e. The fourth-order valence-electron chi connectivity index (χ4n) is 3.66. The van der Waals surface area contributed by atoms with Crippen molar-refractivity contribution in [3.8, 4) is 11.8 Å². The summed E-state index contributed by atoms with van der Waals surface area (Å²) in [6.07, 6.45) is -0.258. The molecule has 0 aliphatic heterocycles. The zero-order valence-electron chi connectivity index (χ0n) is 19.0. The third-order valence-corrected chi connectivity index (χ3v) is 5.83. The van der Waals surface area contributed by atoms with Gasteiger partial charge in [0.05, 0.1) is 0 Å². The third kappa shape index (κ3) is 4.10. The summed E-state index contributed by atoms with van der Waals surface area (Å²) in [5.74, 6) is 4.81. The summed E-state index contributed by atoms with van der Waals surface area (Å²) < 4.78 is 21.6. The van der Waals surface area contributed by atoms with Gasteiger partial charge >= 0.3 is 12.1 Å². The topological polar surface area (TPSA) is 154 Å². The van der Waals surface area contributed by atoms with E-state index >= 15 is 0 Å². The standard InChI is InChI=1S/C24H20N4O7/c1-12-6-4-5-7-15(12)13(2)32-23(31)26-18-14(3)35-28-16(18)8-9-17-25-19-20(33-17)27-21(34-19)24(10-11-24)22(29)30/h4-7,13H,10-11H2,1-3H3,(H,26,31)(H,29,30). The van der Waals surface area contributed by atoms with Crippen molar-refractivity contribution >= 4 is 29.2 Å². The molecule has 0 bridgehead atoms. The van der Waals surface area contributed by atoms with Crippen molar-refractivity contribution in [3.05, 3.63) is 58.6 Å². The van der Waals surface area contributed by atoms with E-state index in [1.54, 1.807) is 13.8 Å². The van der Waals surface area contributed by atoms with Gasteiger partial charge < -0.3 is 23.2 Å². The first kappa shape index (κ1) is 22.2. The highest BCUT2D eigenvalue weighted by Gasteiger charge is 2.56. The van der Waals surface area contributed by atoms with Crippen LogP contribution in [0.3, 0.4) is 0 Å². The Kier molecular flexibility index (Phi) is 5.28. The van der Waals surface area contributed by atoms with Gasteiger partial charge in [0.1, 0.15) is 17.2 Å². The SMILES string of the molecule is Cc1ccccc1C(C)OC(=O)Nc1c(C#Cc2nc3oc(C4(C(=O)O)CC4)nc3o2)noc1C. The van der Waals surface area contributed by atoms with Gasteiger partial charge in [-0.05, 0) is 50.7 Å². The molecule has 1 amide bonds. The van der Waals surface area contributed by atoms with Gasteiger partial charge in [-0.1, -0.05) is 29.4 Å². The first-order valence-corrected chi connectivity index (χ1v) is 10.8. The zero-order valence-corrected chi connectivity index (χ0v) is 19.0. The van der Waals surface area contributed by atoms with Crippen molar-refractivity contribution in [2.45, 2.75) is 45.1 Å². The molecule has 1 aliphatic carbocycles. The number of fused-ring (bicyclic) bond motifs is 1. The number of aliphatic carboxylic acids is 1. The van der Waals surface area contributed by atoms with E-state index < -0.39 is 23.6 Å². The van der Waals surface area contributed by atoms with Crippen LogP contribution in [0.4, 0.5) is 10.5 Å². The summed E-state index contributed by atoms with van der Waals surface area (Å²) in [7, 11) is 0. The molecule has 1 atom stereocenters. The number of carboxylic acids is 1. The van der Waals surface area contributed by atoms with Crippen molar-refractivity contribution in [1.29, 1.82) is 0 Å². The summed E-state index contributed by atoms with van der Waals surface area (Å²) in [6, 6.07) is 7.63. The van der Waals surface area contributed by atoms with Crippen molar-refractivity contribution in [1.82, 2.24) is 15.1 Å². The Morgan fingerprint density at radius 3 is 2.57 bits per heavy atom. The number of ether oxygens (including phenoxy) is 1. The van der Waals surface area contributed by atoms with Gasteiger partial charge in [-0.3, -0.25) is 10.1 Å². The third-order valence-electron chi connectivity index (χ3n) is 5.83. The first-order valence-electron chi connectivity index (χ1n) is 10.8. The molecule has 1 aromatic carbocycles. The Labute approximate surface area is 198 Å². The van der Waals surface area contributed by atoms with Crippen LogP contribution in [0.15, 0.2) is 37.6 Å². The second-order valence-electron chi connectivity index (χ2n) is 8.28. The van der Waals surface area contributed by atoms with E-state index in [2.05, 4.69) is 32.3 Å². The number of oxazole rings is 2. The molecule has 1 fully saturated rings. The lowest BCUT2D eigenvalue weighted by Gasteiger charge is -2.16. The van der Waals surface area contributed by atoms with Crippen LogP contribution in [0.1, 0.15) is 60.2 Å². The molecule has 35 heavy (non-hydrogen) atoms. The number of aromatic nitrogens is 3. The summed E-state index contributed by atoms with van der Waals surface area (Å²) in [5, 5.41) is 15.8. The number of carboxylic acid groups (broad SMARTS) is 1. The van der Waals surface area contributed by atoms with Crippen LogP contribution in [0.2, 0.25) is 0 Å². The molecule has 11 nitrogen and oxygen atoms in total. The number of rotatable bonds is 5. The maximum Gasteiger partial charge on any atom is 0.412 e. The molecule has 11 heteroatoms. The number of carbonyl (C=O) groups excluding carboxylic acids is 1. The minimum absolute atomic E-state index is 0.0136. The van der Waals surface area contributed by atoms with Gasteiger partial charge in [-0.2, -0.15) is 9.97 Å². The predicted octanol–water partition coefficient (Wildman–Crippen LogP) is 4.25. The maximum absolute atomic E-state index is 12.5. The molecule has 3 heterocycles. The molecule has 1 saturated carbocycles. The van der Waals surface area contributed by atoms with Crippen LogP contribution in [-0.4, -0.2) is 32.3 Å². The van der Waals surface area contributed by atoms with Crippen molar-refractivity contribution in [2.75, 3.05) is 5.32 Å². The van der Waals surface area contributed by atoms with Crippen molar-refractivity contribution in [2.24, 2.45) is 0 Å². The molecule has 4 aromatic rings. The summed E-state index contributed by atoms with van der Waals surface area (Å²) in [6.45, 7) is 5.34. The van der Waals surface area contributed by atoms with Gasteiger partial charge in [0.15, 0.2) is 11.5 Å². The van der Waals surface area contributed by atoms with E-state index in [0.29, 0.717) is 18.6 Å². The van der Waals surface area contributed by atoms with Crippen LogP contribution < -0.4 is 5.32 Å². The zero-order chi connectivity index (χ0) is 24.7. The number of benzene rings is 1. The summed E-state index contributed by atoms with van der Waals surface area (Å²) >= 11 is 0. The number of aryl methyl sites for hydroxylation is 2. The van der Waals surface area contributed by atoms with Gasteiger partial charge in [0, 0.05) is 5.92 Å². The number of nitrogens with zero attached hydrogens (tertiary/aromatic N) is 3. The van der Waals surface area contributed by atoms with E-state index in [0.717, 1.165) is 11.1 Å². The fourth-order valence-corrected chi connectivity index (χ4v) is 3.66. The van der Waals surface area contributed by atoms with Crippen LogP contribution >= 0.6 is 0 Å². The van der Waals surface area contributed by atoms with Gasteiger partial charge in [-0.25, -0.2) is 4.79 Å². The van der Waals surface area contributed by atoms with E-state index in [4.69, 9.17) is 18.1 Å². The lowest BCUT2D eigenvalue weighted by molar-refractivity contribution is -0.140. The number of hydrogen-bond donors (Lipinski definition) is 2. The molecule has 1 aliphatic rings. The van der Waals surface area contributed by atoms with Gasteiger partial charge in [-0.15, -0.1) is 0 Å². The number of hydrogen-bond acceptors (Lipinski definition) is 9. The van der Waals surface area contributed by atoms with E-state index in [-0.39, 0.29) is 34.6 Å². The van der Waals surface area contributed by atoms with Crippen LogP contribution in [-0.2, 0) is 14.9 Å². The van der Waals surface area contributed by atoms with Crippen LogP contribution in [0.25, 0.3) is 11.4 Å². The average molecular weight is 476 g/mol. The second kappa shape index (κ2) is 8.32. The van der Waals surface area contributed by atoms with Crippen LogP contribution in [0.5, 0.6) is 0 Å². The van der Waals surface area contributed by atoms with Crippen molar-refractivity contribution < 1.29 is 32.8 Å².